The van der Waals surface area contributed by atoms with Crippen LogP contribution in [0.15, 0.2) is 18.2 Å². The summed E-state index contributed by atoms with van der Waals surface area (Å²) in [5, 5.41) is 10.0. The van der Waals surface area contributed by atoms with Crippen LogP contribution in [0.4, 0.5) is 0 Å². The third-order valence-corrected chi connectivity index (χ3v) is 2.79. The zero-order valence-corrected chi connectivity index (χ0v) is 10.1. The molecule has 1 aromatic carbocycles. The molecule has 15 heavy (non-hydrogen) atoms. The third-order valence-electron chi connectivity index (χ3n) is 2.47. The fraction of sp³-hybridized carbons (Fsp3) is 0.500. The molecule has 0 amide bonds. The third kappa shape index (κ3) is 2.71. The Labute approximate surface area is 95.8 Å². The molecule has 0 saturated heterocycles. The van der Waals surface area contributed by atoms with E-state index >= 15 is 0 Å². The standard InChI is InChI=1S/C12H17ClO2/c1-12(2,8-14)11-9(7-15-3)5-4-6-10(11)13/h4-6,14H,7-8H2,1-3H3. The molecule has 0 bridgehead atoms. The van der Waals surface area contributed by atoms with Gasteiger partial charge in [-0.15, -0.1) is 0 Å². The first-order chi connectivity index (χ1) is 7.03. The summed E-state index contributed by atoms with van der Waals surface area (Å²) >= 11 is 6.16. The minimum atomic E-state index is -0.341. The van der Waals surface area contributed by atoms with Gasteiger partial charge in [-0.3, -0.25) is 0 Å². The SMILES string of the molecule is COCc1cccc(Cl)c1C(C)(C)CO. The van der Waals surface area contributed by atoms with Crippen LogP contribution in [0.2, 0.25) is 5.02 Å². The van der Waals surface area contributed by atoms with Crippen molar-refractivity contribution in [2.45, 2.75) is 25.9 Å². The van der Waals surface area contributed by atoms with E-state index in [1.165, 1.54) is 0 Å². The number of aliphatic hydroxyl groups is 1. The normalized spacial score (nSPS) is 11.8. The number of hydrogen-bond donors (Lipinski definition) is 1. The summed E-state index contributed by atoms with van der Waals surface area (Å²) in [5.41, 5.74) is 1.66. The van der Waals surface area contributed by atoms with E-state index in [4.69, 9.17) is 16.3 Å². The molecule has 0 spiro atoms. The first kappa shape index (κ1) is 12.5. The quantitative estimate of drug-likeness (QED) is 0.859. The van der Waals surface area contributed by atoms with Crippen LogP contribution in [0.25, 0.3) is 0 Å². The maximum Gasteiger partial charge on any atom is 0.0716 e. The highest BCUT2D eigenvalue weighted by Gasteiger charge is 2.25. The molecule has 0 aromatic heterocycles. The van der Waals surface area contributed by atoms with Gasteiger partial charge in [-0.05, 0) is 17.2 Å². The van der Waals surface area contributed by atoms with Crippen molar-refractivity contribution in [3.63, 3.8) is 0 Å². The Morgan fingerprint density at radius 2 is 2.07 bits per heavy atom. The van der Waals surface area contributed by atoms with E-state index in [1.54, 1.807) is 7.11 Å². The predicted octanol–water partition coefficient (Wildman–Crippen LogP) is 2.76. The number of hydrogen-bond acceptors (Lipinski definition) is 2. The summed E-state index contributed by atoms with van der Waals surface area (Å²) in [5.74, 6) is 0. The fourth-order valence-electron chi connectivity index (χ4n) is 1.68. The summed E-state index contributed by atoms with van der Waals surface area (Å²) < 4.78 is 5.12. The summed E-state index contributed by atoms with van der Waals surface area (Å²) in [6.45, 7) is 4.51. The van der Waals surface area contributed by atoms with Crippen molar-refractivity contribution in [1.82, 2.24) is 0 Å². The van der Waals surface area contributed by atoms with E-state index < -0.39 is 0 Å². The van der Waals surface area contributed by atoms with Gasteiger partial charge in [0.15, 0.2) is 0 Å². The van der Waals surface area contributed by atoms with Crippen LogP contribution in [0.5, 0.6) is 0 Å². The number of benzene rings is 1. The molecule has 0 unspecified atom stereocenters. The molecular formula is C12H17ClO2. The van der Waals surface area contributed by atoms with Crippen LogP contribution in [0.3, 0.4) is 0 Å². The van der Waals surface area contributed by atoms with Crippen LogP contribution >= 0.6 is 11.6 Å². The maximum atomic E-state index is 9.37. The van der Waals surface area contributed by atoms with Crippen LogP contribution in [0, 0.1) is 0 Å². The van der Waals surface area contributed by atoms with Crippen molar-refractivity contribution in [3.8, 4) is 0 Å². The molecule has 0 aliphatic carbocycles. The summed E-state index contributed by atoms with van der Waals surface area (Å²) in [4.78, 5) is 0. The van der Waals surface area contributed by atoms with Gasteiger partial charge < -0.3 is 9.84 Å². The summed E-state index contributed by atoms with van der Waals surface area (Å²) in [6.07, 6.45) is 0. The Hall–Kier alpha value is -0.570. The first-order valence-electron chi connectivity index (χ1n) is 4.90. The van der Waals surface area contributed by atoms with Crippen LogP contribution in [0.1, 0.15) is 25.0 Å². The van der Waals surface area contributed by atoms with E-state index in [0.29, 0.717) is 11.6 Å². The van der Waals surface area contributed by atoms with Crippen molar-refractivity contribution in [2.24, 2.45) is 0 Å². The number of methoxy groups -OCH3 is 1. The molecule has 0 aliphatic rings. The molecule has 84 valence electrons. The zero-order chi connectivity index (χ0) is 11.5. The molecular weight excluding hydrogens is 212 g/mol. The average Bonchev–Trinajstić information content (AvgIpc) is 2.18. The Bertz CT molecular complexity index is 334. The highest BCUT2D eigenvalue weighted by molar-refractivity contribution is 6.31. The molecule has 1 aromatic rings. The second-order valence-corrected chi connectivity index (χ2v) is 4.66. The van der Waals surface area contributed by atoms with Gasteiger partial charge in [0, 0.05) is 17.5 Å². The molecule has 0 saturated carbocycles. The molecule has 0 aliphatic heterocycles. The van der Waals surface area contributed by atoms with E-state index in [-0.39, 0.29) is 12.0 Å². The molecule has 3 heteroatoms. The lowest BCUT2D eigenvalue weighted by molar-refractivity contribution is 0.178. The first-order valence-corrected chi connectivity index (χ1v) is 5.28. The highest BCUT2D eigenvalue weighted by Crippen LogP contribution is 2.32. The van der Waals surface area contributed by atoms with Gasteiger partial charge in [-0.25, -0.2) is 0 Å². The number of halogens is 1. The second kappa shape index (κ2) is 4.97. The second-order valence-electron chi connectivity index (χ2n) is 4.25. The minimum Gasteiger partial charge on any atom is -0.395 e. The van der Waals surface area contributed by atoms with Gasteiger partial charge >= 0.3 is 0 Å². The average molecular weight is 229 g/mol. The smallest absolute Gasteiger partial charge is 0.0716 e. The fourth-order valence-corrected chi connectivity index (χ4v) is 2.13. The maximum absolute atomic E-state index is 9.37. The van der Waals surface area contributed by atoms with Gasteiger partial charge in [0.2, 0.25) is 0 Å². The Morgan fingerprint density at radius 3 is 2.60 bits per heavy atom. The summed E-state index contributed by atoms with van der Waals surface area (Å²) in [7, 11) is 1.65. The number of aliphatic hydroxyl groups excluding tert-OH is 1. The minimum absolute atomic E-state index is 0.0629. The van der Waals surface area contributed by atoms with Crippen molar-refractivity contribution in [2.75, 3.05) is 13.7 Å². The van der Waals surface area contributed by atoms with E-state index in [2.05, 4.69) is 0 Å². The van der Waals surface area contributed by atoms with Crippen molar-refractivity contribution >= 4 is 11.6 Å². The monoisotopic (exact) mass is 228 g/mol. The lowest BCUT2D eigenvalue weighted by Gasteiger charge is -2.26. The predicted molar refractivity (Wildman–Crippen MR) is 62.3 cm³/mol. The van der Waals surface area contributed by atoms with Gasteiger partial charge in [0.1, 0.15) is 0 Å². The van der Waals surface area contributed by atoms with Gasteiger partial charge in [0.05, 0.1) is 13.2 Å². The van der Waals surface area contributed by atoms with E-state index in [0.717, 1.165) is 11.1 Å². The Morgan fingerprint density at radius 1 is 1.40 bits per heavy atom. The topological polar surface area (TPSA) is 29.5 Å². The van der Waals surface area contributed by atoms with Gasteiger partial charge in [-0.1, -0.05) is 37.6 Å². The Balaban J connectivity index is 3.24. The summed E-state index contributed by atoms with van der Waals surface area (Å²) in [6, 6.07) is 5.71. The largest absolute Gasteiger partial charge is 0.395 e. The van der Waals surface area contributed by atoms with Crippen LogP contribution < -0.4 is 0 Å². The molecule has 0 radical (unpaired) electrons. The molecule has 1 rings (SSSR count). The lowest BCUT2D eigenvalue weighted by atomic mass is 9.82. The zero-order valence-electron chi connectivity index (χ0n) is 9.38. The molecule has 2 nitrogen and oxygen atoms in total. The number of rotatable bonds is 4. The van der Waals surface area contributed by atoms with Crippen molar-refractivity contribution in [1.29, 1.82) is 0 Å². The highest BCUT2D eigenvalue weighted by atomic mass is 35.5. The number of ether oxygens (including phenoxy) is 1. The molecule has 0 heterocycles. The molecule has 0 fully saturated rings. The van der Waals surface area contributed by atoms with Crippen molar-refractivity contribution < 1.29 is 9.84 Å². The van der Waals surface area contributed by atoms with E-state index in [1.807, 2.05) is 32.0 Å². The molecule has 0 atom stereocenters. The lowest BCUT2D eigenvalue weighted by Crippen LogP contribution is -2.24. The van der Waals surface area contributed by atoms with Crippen LogP contribution in [-0.2, 0) is 16.8 Å². The Kier molecular flexibility index (Phi) is 4.14. The van der Waals surface area contributed by atoms with Gasteiger partial charge in [0.25, 0.3) is 0 Å². The van der Waals surface area contributed by atoms with Gasteiger partial charge in [-0.2, -0.15) is 0 Å². The van der Waals surface area contributed by atoms with Crippen LogP contribution in [-0.4, -0.2) is 18.8 Å². The van der Waals surface area contributed by atoms with E-state index in [9.17, 15) is 5.11 Å². The molecule has 1 N–H and O–H groups in total. The van der Waals surface area contributed by atoms with Crippen molar-refractivity contribution in [3.05, 3.63) is 34.3 Å².